The van der Waals surface area contributed by atoms with Crippen molar-refractivity contribution in [2.75, 3.05) is 13.2 Å². The van der Waals surface area contributed by atoms with Crippen molar-refractivity contribution in [2.45, 2.75) is 11.9 Å². The molecule has 23 heavy (non-hydrogen) atoms. The SMILES string of the molecule is O=S(=O)(Cc1cccc(Cl)c1)NCC1COc2ccccc2O1. The summed E-state index contributed by atoms with van der Waals surface area (Å²) in [7, 11) is -3.47. The molecule has 0 bridgehead atoms. The summed E-state index contributed by atoms with van der Waals surface area (Å²) in [5.41, 5.74) is 0.635. The average Bonchev–Trinajstić information content (AvgIpc) is 2.52. The molecule has 1 atom stereocenters. The van der Waals surface area contributed by atoms with Crippen LogP contribution in [-0.4, -0.2) is 27.7 Å². The molecule has 1 aliphatic heterocycles. The first-order chi connectivity index (χ1) is 11.0. The van der Waals surface area contributed by atoms with Crippen LogP contribution >= 0.6 is 11.6 Å². The standard InChI is InChI=1S/C16H16ClNO4S/c17-13-5-3-4-12(8-13)11-23(19,20)18-9-14-10-21-15-6-1-2-7-16(15)22-14/h1-8,14,18H,9-11H2. The van der Waals surface area contributed by atoms with Crippen LogP contribution in [-0.2, 0) is 15.8 Å². The summed E-state index contributed by atoms with van der Waals surface area (Å²) in [5.74, 6) is 1.17. The van der Waals surface area contributed by atoms with Gasteiger partial charge in [0.25, 0.3) is 0 Å². The first-order valence-corrected chi connectivity index (χ1v) is 9.15. The van der Waals surface area contributed by atoms with E-state index in [1.165, 1.54) is 0 Å². The minimum absolute atomic E-state index is 0.127. The molecule has 0 saturated carbocycles. The molecule has 1 heterocycles. The highest BCUT2D eigenvalue weighted by Gasteiger charge is 2.22. The Labute approximate surface area is 140 Å². The molecular formula is C16H16ClNO4S. The molecule has 0 aromatic heterocycles. The van der Waals surface area contributed by atoms with Crippen molar-refractivity contribution in [1.82, 2.24) is 4.72 Å². The molecule has 0 spiro atoms. The van der Waals surface area contributed by atoms with Gasteiger partial charge in [0.15, 0.2) is 11.5 Å². The maximum absolute atomic E-state index is 12.1. The van der Waals surface area contributed by atoms with Crippen LogP contribution in [0.5, 0.6) is 11.5 Å². The fraction of sp³-hybridized carbons (Fsp3) is 0.250. The third-order valence-corrected chi connectivity index (χ3v) is 4.90. The fourth-order valence-corrected chi connectivity index (χ4v) is 3.65. The first kappa shape index (κ1) is 16.1. The first-order valence-electron chi connectivity index (χ1n) is 7.12. The second-order valence-corrected chi connectivity index (χ2v) is 7.48. The molecule has 5 nitrogen and oxygen atoms in total. The molecule has 0 aliphatic carbocycles. The van der Waals surface area contributed by atoms with E-state index < -0.39 is 10.0 Å². The summed E-state index contributed by atoms with van der Waals surface area (Å²) in [6.45, 7) is 0.452. The van der Waals surface area contributed by atoms with Crippen LogP contribution in [0.25, 0.3) is 0 Å². The van der Waals surface area contributed by atoms with Crippen molar-refractivity contribution < 1.29 is 17.9 Å². The van der Waals surface area contributed by atoms with Gasteiger partial charge >= 0.3 is 0 Å². The molecule has 0 fully saturated rings. The molecule has 2 aromatic carbocycles. The third-order valence-electron chi connectivity index (χ3n) is 3.34. The Hall–Kier alpha value is -1.76. The van der Waals surface area contributed by atoms with Crippen LogP contribution in [0, 0.1) is 0 Å². The Morgan fingerprint density at radius 3 is 2.70 bits per heavy atom. The number of hydrogen-bond acceptors (Lipinski definition) is 4. The van der Waals surface area contributed by atoms with E-state index in [2.05, 4.69) is 4.72 Å². The molecular weight excluding hydrogens is 338 g/mol. The lowest BCUT2D eigenvalue weighted by atomic mass is 10.2. The lowest BCUT2D eigenvalue weighted by molar-refractivity contribution is 0.0943. The molecule has 122 valence electrons. The van der Waals surface area contributed by atoms with Gasteiger partial charge < -0.3 is 9.47 Å². The largest absolute Gasteiger partial charge is 0.486 e. The Morgan fingerprint density at radius 1 is 1.13 bits per heavy atom. The summed E-state index contributed by atoms with van der Waals surface area (Å²) >= 11 is 5.87. The Morgan fingerprint density at radius 2 is 1.91 bits per heavy atom. The lowest BCUT2D eigenvalue weighted by Crippen LogP contribution is -2.41. The molecule has 1 aliphatic rings. The second-order valence-electron chi connectivity index (χ2n) is 5.24. The van der Waals surface area contributed by atoms with E-state index >= 15 is 0 Å². The zero-order chi connectivity index (χ0) is 16.3. The summed E-state index contributed by atoms with van der Waals surface area (Å²) in [6, 6.07) is 14.1. The number of halogens is 1. The predicted octanol–water partition coefficient (Wildman–Crippen LogP) is 2.60. The summed E-state index contributed by atoms with van der Waals surface area (Å²) in [5, 5.41) is 0.512. The van der Waals surface area contributed by atoms with Crippen LogP contribution in [0.1, 0.15) is 5.56 Å². The third kappa shape index (κ3) is 4.37. The van der Waals surface area contributed by atoms with Crippen molar-refractivity contribution >= 4 is 21.6 Å². The van der Waals surface area contributed by atoms with Crippen molar-refractivity contribution in [3.05, 3.63) is 59.1 Å². The summed E-state index contributed by atoms with van der Waals surface area (Å²) < 4.78 is 38.1. The van der Waals surface area contributed by atoms with Crippen LogP contribution < -0.4 is 14.2 Å². The molecule has 0 amide bonds. The highest BCUT2D eigenvalue weighted by molar-refractivity contribution is 7.88. The molecule has 3 rings (SSSR count). The highest BCUT2D eigenvalue weighted by Crippen LogP contribution is 2.30. The maximum Gasteiger partial charge on any atom is 0.215 e. The molecule has 2 aromatic rings. The number of sulfonamides is 1. The number of rotatable bonds is 5. The van der Waals surface area contributed by atoms with Gasteiger partial charge in [0, 0.05) is 5.02 Å². The number of nitrogens with one attached hydrogen (secondary N) is 1. The van der Waals surface area contributed by atoms with Crippen LogP contribution in [0.3, 0.4) is 0 Å². The van der Waals surface area contributed by atoms with E-state index in [1.54, 1.807) is 30.3 Å². The smallest absolute Gasteiger partial charge is 0.215 e. The van der Waals surface area contributed by atoms with E-state index in [0.717, 1.165) is 0 Å². The van der Waals surface area contributed by atoms with Crippen LogP contribution in [0.2, 0.25) is 5.02 Å². The van der Waals surface area contributed by atoms with E-state index in [-0.39, 0.29) is 18.4 Å². The van der Waals surface area contributed by atoms with Gasteiger partial charge in [-0.3, -0.25) is 0 Å². The Bertz CT molecular complexity index is 794. The van der Waals surface area contributed by atoms with Gasteiger partial charge in [-0.2, -0.15) is 0 Å². The Kier molecular flexibility index (Phi) is 4.75. The van der Waals surface area contributed by atoms with Crippen LogP contribution in [0.15, 0.2) is 48.5 Å². The van der Waals surface area contributed by atoms with Gasteiger partial charge in [-0.15, -0.1) is 0 Å². The van der Waals surface area contributed by atoms with Crippen molar-refractivity contribution in [3.8, 4) is 11.5 Å². The quantitative estimate of drug-likeness (QED) is 0.897. The number of hydrogen-bond donors (Lipinski definition) is 1. The van der Waals surface area contributed by atoms with E-state index in [0.29, 0.717) is 28.7 Å². The number of para-hydroxylation sites is 2. The normalized spacial score (nSPS) is 17.0. The molecule has 7 heteroatoms. The number of benzene rings is 2. The van der Waals surface area contributed by atoms with Crippen molar-refractivity contribution in [2.24, 2.45) is 0 Å². The zero-order valence-electron chi connectivity index (χ0n) is 12.2. The van der Waals surface area contributed by atoms with E-state index in [1.807, 2.05) is 18.2 Å². The number of ether oxygens (including phenoxy) is 2. The van der Waals surface area contributed by atoms with Crippen molar-refractivity contribution in [3.63, 3.8) is 0 Å². The van der Waals surface area contributed by atoms with E-state index in [9.17, 15) is 8.42 Å². The topological polar surface area (TPSA) is 64.6 Å². The predicted molar refractivity (Wildman–Crippen MR) is 88.4 cm³/mol. The lowest BCUT2D eigenvalue weighted by Gasteiger charge is -2.26. The highest BCUT2D eigenvalue weighted by atomic mass is 35.5. The maximum atomic E-state index is 12.1. The zero-order valence-corrected chi connectivity index (χ0v) is 13.8. The van der Waals surface area contributed by atoms with Crippen LogP contribution in [0.4, 0.5) is 0 Å². The monoisotopic (exact) mass is 353 g/mol. The average molecular weight is 354 g/mol. The molecule has 1 N–H and O–H groups in total. The van der Waals surface area contributed by atoms with Gasteiger partial charge in [-0.1, -0.05) is 35.9 Å². The summed E-state index contributed by atoms with van der Waals surface area (Å²) in [6.07, 6.45) is -0.362. The Balaban J connectivity index is 1.58. The number of fused-ring (bicyclic) bond motifs is 1. The molecule has 0 radical (unpaired) electrons. The summed E-state index contributed by atoms with van der Waals surface area (Å²) in [4.78, 5) is 0. The minimum atomic E-state index is -3.47. The van der Waals surface area contributed by atoms with Gasteiger partial charge in [0.05, 0.1) is 12.3 Å². The fourth-order valence-electron chi connectivity index (χ4n) is 2.28. The van der Waals surface area contributed by atoms with Gasteiger partial charge in [0.1, 0.15) is 12.7 Å². The van der Waals surface area contributed by atoms with Gasteiger partial charge in [-0.05, 0) is 29.8 Å². The molecule has 1 unspecified atom stereocenters. The van der Waals surface area contributed by atoms with Crippen molar-refractivity contribution in [1.29, 1.82) is 0 Å². The minimum Gasteiger partial charge on any atom is -0.486 e. The van der Waals surface area contributed by atoms with Gasteiger partial charge in [0.2, 0.25) is 10.0 Å². The van der Waals surface area contributed by atoms with E-state index in [4.69, 9.17) is 21.1 Å². The van der Waals surface area contributed by atoms with Gasteiger partial charge in [-0.25, -0.2) is 13.1 Å². The molecule has 0 saturated heterocycles. The second kappa shape index (κ2) is 6.78.